The van der Waals surface area contributed by atoms with Gasteiger partial charge in [-0.2, -0.15) is 0 Å². The smallest absolute Gasteiger partial charge is 0.324 e. The van der Waals surface area contributed by atoms with Crippen LogP contribution >= 0.6 is 0 Å². The monoisotopic (exact) mass is 380 g/mol. The standard InChI is InChI=1S/C23H44N2O2/c1-2-3-4-5-6-7-8-9-10-11-12-13-14-15-16-17-18-19-20-25-22(26)21-24-23(25)27/h2-21H2,1H3,(H,24,27). The number of nitrogens with zero attached hydrogens (tertiary/aromatic N) is 1. The summed E-state index contributed by atoms with van der Waals surface area (Å²) in [6.07, 6.45) is 24.3. The van der Waals surface area contributed by atoms with Crippen LogP contribution in [0.25, 0.3) is 0 Å². The van der Waals surface area contributed by atoms with Crippen LogP contribution in [-0.2, 0) is 4.79 Å². The van der Waals surface area contributed by atoms with E-state index in [4.69, 9.17) is 0 Å². The van der Waals surface area contributed by atoms with Gasteiger partial charge in [0, 0.05) is 6.54 Å². The van der Waals surface area contributed by atoms with E-state index in [1.807, 2.05) is 0 Å². The van der Waals surface area contributed by atoms with Gasteiger partial charge in [-0.3, -0.25) is 9.69 Å². The summed E-state index contributed by atoms with van der Waals surface area (Å²) < 4.78 is 0. The van der Waals surface area contributed by atoms with E-state index in [0.29, 0.717) is 6.54 Å². The van der Waals surface area contributed by atoms with Crippen LogP contribution in [0.5, 0.6) is 0 Å². The molecule has 0 aromatic heterocycles. The van der Waals surface area contributed by atoms with Gasteiger partial charge in [-0.15, -0.1) is 0 Å². The van der Waals surface area contributed by atoms with Crippen LogP contribution in [0.1, 0.15) is 122 Å². The zero-order valence-corrected chi connectivity index (χ0v) is 17.9. The van der Waals surface area contributed by atoms with Gasteiger partial charge in [-0.1, -0.05) is 116 Å². The Kier molecular flexibility index (Phi) is 15.2. The van der Waals surface area contributed by atoms with Gasteiger partial charge in [0.15, 0.2) is 0 Å². The summed E-state index contributed by atoms with van der Waals surface area (Å²) in [5, 5.41) is 2.57. The van der Waals surface area contributed by atoms with Crippen molar-refractivity contribution in [1.29, 1.82) is 0 Å². The van der Waals surface area contributed by atoms with Crippen molar-refractivity contribution in [3.05, 3.63) is 0 Å². The Morgan fingerprint density at radius 2 is 1.00 bits per heavy atom. The number of amides is 3. The molecule has 0 aromatic rings. The first-order chi connectivity index (χ1) is 13.3. The second kappa shape index (κ2) is 17.1. The van der Waals surface area contributed by atoms with Crippen molar-refractivity contribution >= 4 is 11.9 Å². The van der Waals surface area contributed by atoms with Crippen LogP contribution in [0.4, 0.5) is 4.79 Å². The molecule has 0 bridgehead atoms. The lowest BCUT2D eigenvalue weighted by atomic mass is 10.0. The molecule has 0 unspecified atom stereocenters. The SMILES string of the molecule is CCCCCCCCCCCCCCCCCCCCN1C(=O)CNC1=O. The fourth-order valence-corrected chi connectivity index (χ4v) is 3.85. The van der Waals surface area contributed by atoms with Gasteiger partial charge < -0.3 is 5.32 Å². The zero-order chi connectivity index (χ0) is 19.6. The van der Waals surface area contributed by atoms with Crippen molar-refractivity contribution in [2.45, 2.75) is 122 Å². The molecular weight excluding hydrogens is 336 g/mol. The number of hydrogen-bond acceptors (Lipinski definition) is 2. The maximum atomic E-state index is 11.4. The van der Waals surface area contributed by atoms with Gasteiger partial charge in [0.1, 0.15) is 0 Å². The Bertz CT molecular complexity index is 369. The molecule has 0 saturated carbocycles. The summed E-state index contributed by atoms with van der Waals surface area (Å²) in [5.41, 5.74) is 0. The number of hydrogen-bond donors (Lipinski definition) is 1. The van der Waals surface area contributed by atoms with Crippen LogP contribution in [-0.4, -0.2) is 29.9 Å². The van der Waals surface area contributed by atoms with Gasteiger partial charge in [-0.25, -0.2) is 4.79 Å². The summed E-state index contributed by atoms with van der Waals surface area (Å²) in [5.74, 6) is -0.0769. The Hall–Kier alpha value is -1.06. The Morgan fingerprint density at radius 3 is 1.33 bits per heavy atom. The molecule has 0 spiro atoms. The van der Waals surface area contributed by atoms with Crippen LogP contribution in [0.3, 0.4) is 0 Å². The molecule has 158 valence electrons. The minimum absolute atomic E-state index is 0.0769. The number of imide groups is 1. The molecule has 1 saturated heterocycles. The van der Waals surface area contributed by atoms with Crippen LogP contribution in [0.2, 0.25) is 0 Å². The molecule has 0 atom stereocenters. The maximum Gasteiger partial charge on any atom is 0.324 e. The molecule has 4 heteroatoms. The average Bonchev–Trinajstić information content (AvgIpc) is 2.99. The molecule has 0 aromatic carbocycles. The molecule has 1 N–H and O–H groups in total. The summed E-state index contributed by atoms with van der Waals surface area (Å²) in [6.45, 7) is 3.05. The first kappa shape index (κ1) is 24.0. The number of urea groups is 1. The highest BCUT2D eigenvalue weighted by Crippen LogP contribution is 2.14. The van der Waals surface area contributed by atoms with Gasteiger partial charge in [0.2, 0.25) is 5.91 Å². The number of carbonyl (C=O) groups is 2. The fraction of sp³-hybridized carbons (Fsp3) is 0.913. The molecule has 1 aliphatic heterocycles. The third-order valence-electron chi connectivity index (χ3n) is 5.67. The molecule has 1 heterocycles. The zero-order valence-electron chi connectivity index (χ0n) is 17.9. The normalized spacial score (nSPS) is 14.2. The largest absolute Gasteiger partial charge is 0.329 e. The lowest BCUT2D eigenvalue weighted by Crippen LogP contribution is -2.31. The van der Waals surface area contributed by atoms with Crippen molar-refractivity contribution in [2.24, 2.45) is 0 Å². The second-order valence-corrected chi connectivity index (χ2v) is 8.21. The lowest BCUT2D eigenvalue weighted by Gasteiger charge is -2.11. The average molecular weight is 381 g/mol. The van der Waals surface area contributed by atoms with E-state index in [-0.39, 0.29) is 18.5 Å². The minimum atomic E-state index is -0.216. The third kappa shape index (κ3) is 12.9. The van der Waals surface area contributed by atoms with Crippen LogP contribution < -0.4 is 5.32 Å². The molecule has 4 nitrogen and oxygen atoms in total. The highest BCUT2D eigenvalue weighted by molar-refractivity contribution is 6.01. The highest BCUT2D eigenvalue weighted by Gasteiger charge is 2.27. The predicted octanol–water partition coefficient (Wildman–Crippen LogP) is 6.58. The van der Waals surface area contributed by atoms with Gasteiger partial charge in [-0.05, 0) is 6.42 Å². The summed E-state index contributed by atoms with van der Waals surface area (Å²) in [4.78, 5) is 24.2. The number of nitrogens with one attached hydrogen (secondary N) is 1. The molecule has 3 amide bonds. The van der Waals surface area contributed by atoms with Crippen LogP contribution in [0, 0.1) is 0 Å². The van der Waals surface area contributed by atoms with Crippen molar-refractivity contribution in [1.82, 2.24) is 10.2 Å². The number of unbranched alkanes of at least 4 members (excludes halogenated alkanes) is 17. The molecule has 27 heavy (non-hydrogen) atoms. The van der Waals surface area contributed by atoms with Gasteiger partial charge >= 0.3 is 6.03 Å². The molecule has 1 fully saturated rings. The molecule has 1 rings (SSSR count). The van der Waals surface area contributed by atoms with E-state index in [0.717, 1.165) is 12.8 Å². The molecule has 1 aliphatic rings. The van der Waals surface area contributed by atoms with E-state index in [1.54, 1.807) is 0 Å². The summed E-state index contributed by atoms with van der Waals surface area (Å²) in [6, 6.07) is -0.216. The van der Waals surface area contributed by atoms with Gasteiger partial charge in [0.25, 0.3) is 0 Å². The predicted molar refractivity (Wildman–Crippen MR) is 114 cm³/mol. The van der Waals surface area contributed by atoms with Crippen LogP contribution in [0.15, 0.2) is 0 Å². The Balaban J connectivity index is 1.71. The number of rotatable bonds is 19. The first-order valence-corrected chi connectivity index (χ1v) is 11.8. The van der Waals surface area contributed by atoms with E-state index in [1.165, 1.54) is 108 Å². The quantitative estimate of drug-likeness (QED) is 0.203. The first-order valence-electron chi connectivity index (χ1n) is 11.8. The van der Waals surface area contributed by atoms with E-state index in [9.17, 15) is 9.59 Å². The maximum absolute atomic E-state index is 11.4. The van der Waals surface area contributed by atoms with E-state index < -0.39 is 0 Å². The Morgan fingerprint density at radius 1 is 0.630 bits per heavy atom. The lowest BCUT2D eigenvalue weighted by molar-refractivity contribution is -0.125. The fourth-order valence-electron chi connectivity index (χ4n) is 3.85. The minimum Gasteiger partial charge on any atom is -0.329 e. The van der Waals surface area contributed by atoms with Gasteiger partial charge in [0.05, 0.1) is 6.54 Å². The highest BCUT2D eigenvalue weighted by atomic mass is 16.2. The topological polar surface area (TPSA) is 49.4 Å². The Labute approximate surface area is 167 Å². The number of carbonyl (C=O) groups excluding carboxylic acids is 2. The second-order valence-electron chi connectivity index (χ2n) is 8.21. The van der Waals surface area contributed by atoms with Crippen molar-refractivity contribution in [3.63, 3.8) is 0 Å². The third-order valence-corrected chi connectivity index (χ3v) is 5.67. The molecule has 0 aliphatic carbocycles. The summed E-state index contributed by atoms with van der Waals surface area (Å²) in [7, 11) is 0. The van der Waals surface area contributed by atoms with E-state index in [2.05, 4.69) is 12.2 Å². The molecular formula is C23H44N2O2. The van der Waals surface area contributed by atoms with E-state index >= 15 is 0 Å². The van der Waals surface area contributed by atoms with Crippen molar-refractivity contribution in [3.8, 4) is 0 Å². The van der Waals surface area contributed by atoms with Crippen molar-refractivity contribution < 1.29 is 9.59 Å². The molecule has 0 radical (unpaired) electrons. The summed E-state index contributed by atoms with van der Waals surface area (Å²) >= 11 is 0. The van der Waals surface area contributed by atoms with Crippen molar-refractivity contribution in [2.75, 3.05) is 13.1 Å².